The summed E-state index contributed by atoms with van der Waals surface area (Å²) in [7, 11) is 0. The van der Waals surface area contributed by atoms with Crippen LogP contribution in [0.25, 0.3) is 0 Å². The van der Waals surface area contributed by atoms with E-state index in [-0.39, 0.29) is 11.8 Å². The van der Waals surface area contributed by atoms with E-state index in [1.807, 2.05) is 0 Å². The topological polar surface area (TPSA) is 43.4 Å². The summed E-state index contributed by atoms with van der Waals surface area (Å²) in [6.45, 7) is 3.47. The molecule has 0 aliphatic heterocycles. The van der Waals surface area contributed by atoms with Crippen molar-refractivity contribution in [2.24, 2.45) is 0 Å². The second-order valence-corrected chi connectivity index (χ2v) is 2.85. The average Bonchev–Trinajstić information content (AvgIpc) is 1.95. The van der Waals surface area contributed by atoms with Crippen LogP contribution in [0.3, 0.4) is 0 Å². The third kappa shape index (κ3) is 9.14. The lowest BCUT2D eigenvalue weighted by atomic mass is 10.1. The van der Waals surface area contributed by atoms with E-state index in [4.69, 9.17) is 4.74 Å². The van der Waals surface area contributed by atoms with Crippen molar-refractivity contribution in [2.75, 3.05) is 6.61 Å². The van der Waals surface area contributed by atoms with Crippen molar-refractivity contribution >= 4 is 11.8 Å². The molecule has 3 heteroatoms. The van der Waals surface area contributed by atoms with Crippen LogP contribution in [0.1, 0.15) is 39.5 Å². The minimum absolute atomic E-state index is 0.225. The number of hydrogen-bond acceptors (Lipinski definition) is 3. The maximum absolute atomic E-state index is 10.5. The molecule has 0 radical (unpaired) electrons. The summed E-state index contributed by atoms with van der Waals surface area (Å²) >= 11 is 0. The second kappa shape index (κ2) is 6.83. The smallest absolute Gasteiger partial charge is 0.302 e. The molecule has 70 valence electrons. The van der Waals surface area contributed by atoms with Gasteiger partial charge in [-0.05, 0) is 26.2 Å². The van der Waals surface area contributed by atoms with Crippen molar-refractivity contribution in [3.05, 3.63) is 0 Å². The van der Waals surface area contributed by atoms with Gasteiger partial charge >= 0.3 is 5.97 Å². The Kier molecular flexibility index (Phi) is 6.34. The molecule has 0 heterocycles. The number of carbonyl (C=O) groups is 2. The largest absolute Gasteiger partial charge is 0.466 e. The summed E-state index contributed by atoms with van der Waals surface area (Å²) in [6.07, 6.45) is 3.34. The molecule has 0 bridgehead atoms. The zero-order valence-corrected chi connectivity index (χ0v) is 7.76. The van der Waals surface area contributed by atoms with Gasteiger partial charge in [-0.3, -0.25) is 4.79 Å². The Morgan fingerprint density at radius 2 is 1.75 bits per heavy atom. The van der Waals surface area contributed by atoms with Crippen LogP contribution >= 0.6 is 0 Å². The zero-order chi connectivity index (χ0) is 9.40. The van der Waals surface area contributed by atoms with Crippen molar-refractivity contribution in [3.63, 3.8) is 0 Å². The number of hydrogen-bond donors (Lipinski definition) is 0. The molecule has 3 nitrogen and oxygen atoms in total. The fourth-order valence-corrected chi connectivity index (χ4v) is 0.869. The molecule has 0 saturated heterocycles. The molecule has 0 N–H and O–H groups in total. The van der Waals surface area contributed by atoms with Gasteiger partial charge in [0.25, 0.3) is 0 Å². The highest BCUT2D eigenvalue weighted by atomic mass is 16.5. The number of ketones is 1. The van der Waals surface area contributed by atoms with Crippen LogP contribution in [0, 0.1) is 0 Å². The van der Waals surface area contributed by atoms with Gasteiger partial charge in [0.2, 0.25) is 0 Å². The molecule has 12 heavy (non-hydrogen) atoms. The molecule has 0 unspecified atom stereocenters. The molecular formula is C9H16O3. The van der Waals surface area contributed by atoms with E-state index < -0.39 is 0 Å². The first-order chi connectivity index (χ1) is 5.63. The molecule has 0 fully saturated rings. The third-order valence-electron chi connectivity index (χ3n) is 1.48. The van der Waals surface area contributed by atoms with Gasteiger partial charge in [0, 0.05) is 13.3 Å². The number of ether oxygens (including phenoxy) is 1. The highest BCUT2D eigenvalue weighted by Gasteiger charge is 1.95. The van der Waals surface area contributed by atoms with Gasteiger partial charge in [-0.15, -0.1) is 0 Å². The predicted molar refractivity (Wildman–Crippen MR) is 45.8 cm³/mol. The lowest BCUT2D eigenvalue weighted by Gasteiger charge is -2.00. The Morgan fingerprint density at radius 3 is 2.25 bits per heavy atom. The molecular weight excluding hydrogens is 156 g/mol. The van der Waals surface area contributed by atoms with Gasteiger partial charge in [0.05, 0.1) is 6.61 Å². The monoisotopic (exact) mass is 172 g/mol. The summed E-state index contributed by atoms with van der Waals surface area (Å²) in [4.78, 5) is 20.8. The van der Waals surface area contributed by atoms with Gasteiger partial charge in [0.1, 0.15) is 5.78 Å². The lowest BCUT2D eigenvalue weighted by Crippen LogP contribution is -2.00. The van der Waals surface area contributed by atoms with Crippen LogP contribution < -0.4 is 0 Å². The maximum atomic E-state index is 10.5. The molecule has 0 aromatic carbocycles. The lowest BCUT2D eigenvalue weighted by molar-refractivity contribution is -0.141. The molecule has 0 aromatic rings. The minimum atomic E-state index is -0.235. The number of carbonyl (C=O) groups excluding carboxylic acids is 2. The molecule has 0 aromatic heterocycles. The number of Topliss-reactive ketones (excluding diaryl/α,β-unsaturated/α-hetero) is 1. The quantitative estimate of drug-likeness (QED) is 0.452. The summed E-state index contributed by atoms with van der Waals surface area (Å²) in [6, 6.07) is 0. The van der Waals surface area contributed by atoms with E-state index in [1.54, 1.807) is 6.92 Å². The number of rotatable bonds is 6. The van der Waals surface area contributed by atoms with Crippen LogP contribution in [0.5, 0.6) is 0 Å². The van der Waals surface area contributed by atoms with Crippen LogP contribution in [0.15, 0.2) is 0 Å². The van der Waals surface area contributed by atoms with E-state index in [1.165, 1.54) is 6.92 Å². The zero-order valence-electron chi connectivity index (χ0n) is 7.76. The Bertz CT molecular complexity index is 134. The Morgan fingerprint density at radius 1 is 1.08 bits per heavy atom. The average molecular weight is 172 g/mol. The molecule has 0 amide bonds. The fraction of sp³-hybridized carbons (Fsp3) is 0.778. The van der Waals surface area contributed by atoms with Crippen LogP contribution in [0.4, 0.5) is 0 Å². The van der Waals surface area contributed by atoms with E-state index in [0.29, 0.717) is 13.0 Å². The van der Waals surface area contributed by atoms with Gasteiger partial charge < -0.3 is 9.53 Å². The second-order valence-electron chi connectivity index (χ2n) is 2.85. The molecule has 0 spiro atoms. The first-order valence-electron chi connectivity index (χ1n) is 4.25. The maximum Gasteiger partial charge on any atom is 0.302 e. The SMILES string of the molecule is CC(=O)CCCCCOC(C)=O. The van der Waals surface area contributed by atoms with Crippen molar-refractivity contribution < 1.29 is 14.3 Å². The molecule has 0 atom stereocenters. The van der Waals surface area contributed by atoms with Crippen LogP contribution in [-0.2, 0) is 14.3 Å². The van der Waals surface area contributed by atoms with Crippen LogP contribution in [0.2, 0.25) is 0 Å². The van der Waals surface area contributed by atoms with Crippen LogP contribution in [-0.4, -0.2) is 18.4 Å². The van der Waals surface area contributed by atoms with Crippen molar-refractivity contribution in [2.45, 2.75) is 39.5 Å². The van der Waals surface area contributed by atoms with Gasteiger partial charge in [-0.1, -0.05) is 0 Å². The molecule has 0 rings (SSSR count). The Hall–Kier alpha value is -0.860. The normalized spacial score (nSPS) is 9.50. The highest BCUT2D eigenvalue weighted by molar-refractivity contribution is 5.75. The van der Waals surface area contributed by atoms with E-state index in [0.717, 1.165) is 19.3 Å². The Labute approximate surface area is 73.1 Å². The third-order valence-corrected chi connectivity index (χ3v) is 1.48. The van der Waals surface area contributed by atoms with Crippen molar-refractivity contribution in [1.82, 2.24) is 0 Å². The first-order valence-corrected chi connectivity index (χ1v) is 4.25. The summed E-state index contributed by atoms with van der Waals surface area (Å²) in [5.74, 6) is -0.0101. The first kappa shape index (κ1) is 11.1. The van der Waals surface area contributed by atoms with E-state index >= 15 is 0 Å². The number of unbranched alkanes of at least 4 members (excludes halogenated alkanes) is 2. The minimum Gasteiger partial charge on any atom is -0.466 e. The van der Waals surface area contributed by atoms with Gasteiger partial charge in [0.15, 0.2) is 0 Å². The molecule has 0 saturated carbocycles. The van der Waals surface area contributed by atoms with E-state index in [9.17, 15) is 9.59 Å². The summed E-state index contributed by atoms with van der Waals surface area (Å²) in [5, 5.41) is 0. The standard InChI is InChI=1S/C9H16O3/c1-8(10)6-4-3-5-7-12-9(2)11/h3-7H2,1-2H3. The van der Waals surface area contributed by atoms with E-state index in [2.05, 4.69) is 0 Å². The fourth-order valence-electron chi connectivity index (χ4n) is 0.869. The molecule has 0 aliphatic rings. The molecule has 0 aliphatic carbocycles. The highest BCUT2D eigenvalue weighted by Crippen LogP contribution is 2.00. The van der Waals surface area contributed by atoms with Gasteiger partial charge in [-0.2, -0.15) is 0 Å². The van der Waals surface area contributed by atoms with Crippen molar-refractivity contribution in [3.8, 4) is 0 Å². The Balaban J connectivity index is 3.01. The van der Waals surface area contributed by atoms with Crippen molar-refractivity contribution in [1.29, 1.82) is 0 Å². The van der Waals surface area contributed by atoms with Gasteiger partial charge in [-0.25, -0.2) is 0 Å². The summed E-state index contributed by atoms with van der Waals surface area (Å²) in [5.41, 5.74) is 0. The number of esters is 1. The summed E-state index contributed by atoms with van der Waals surface area (Å²) < 4.78 is 4.73. The predicted octanol–water partition coefficient (Wildman–Crippen LogP) is 1.70.